The van der Waals surface area contributed by atoms with Crippen LogP contribution in [0.25, 0.3) is 10.4 Å². The van der Waals surface area contributed by atoms with Crippen LogP contribution in [0.15, 0.2) is 96.1 Å². The topological polar surface area (TPSA) is 126 Å². The number of hydrogen-bond acceptors (Lipinski definition) is 7. The van der Waals surface area contributed by atoms with Crippen molar-refractivity contribution < 1.29 is 29.2 Å². The molecule has 1 heterocycles. The molecule has 0 radical (unpaired) electrons. The Morgan fingerprint density at radius 1 is 0.703 bits per heavy atom. The average Bonchev–Trinajstić information content (AvgIpc) is 3.03. The standard InChI is InChI=1S/C28H31N3O6/c29-31-30-28-25(33)24(32)27(36-18-22-14-8-3-9-15-22)26(35-17-21-12-6-2-7-13-21)23(37-28)19-34-16-20-10-4-1-5-11-20/h1-15,23-28,32-33H,16-19H2/t23-,24-,25+,26-,27-,28-/m1/s1. The molecule has 1 aliphatic heterocycles. The van der Waals surface area contributed by atoms with Crippen molar-refractivity contribution in [2.45, 2.75) is 56.6 Å². The highest BCUT2D eigenvalue weighted by Gasteiger charge is 2.47. The highest BCUT2D eigenvalue weighted by Crippen LogP contribution is 2.28. The van der Waals surface area contributed by atoms with Crippen molar-refractivity contribution >= 4 is 0 Å². The van der Waals surface area contributed by atoms with E-state index in [1.165, 1.54) is 0 Å². The molecule has 0 spiro atoms. The van der Waals surface area contributed by atoms with Crippen LogP contribution in [0.5, 0.6) is 0 Å². The third-order valence-corrected chi connectivity index (χ3v) is 6.11. The molecule has 0 saturated carbocycles. The first-order valence-corrected chi connectivity index (χ1v) is 12.1. The van der Waals surface area contributed by atoms with Crippen LogP contribution in [-0.4, -0.2) is 53.6 Å². The summed E-state index contributed by atoms with van der Waals surface area (Å²) >= 11 is 0. The van der Waals surface area contributed by atoms with Gasteiger partial charge in [0.2, 0.25) is 0 Å². The summed E-state index contributed by atoms with van der Waals surface area (Å²) in [5.74, 6) is 0. The third kappa shape index (κ3) is 7.61. The SMILES string of the molecule is [N-]=[N+]=N[C@@H]1O[C@H](COCc2ccccc2)[C@@H](OCc2ccccc2)[C@H](OCc2ccccc2)[C@H](O)[C@@H]1O. The monoisotopic (exact) mass is 505 g/mol. The largest absolute Gasteiger partial charge is 0.387 e. The van der Waals surface area contributed by atoms with Gasteiger partial charge in [0.15, 0.2) is 6.23 Å². The first-order chi connectivity index (χ1) is 18.2. The summed E-state index contributed by atoms with van der Waals surface area (Å²) in [5, 5.41) is 25.5. The molecular weight excluding hydrogens is 474 g/mol. The molecule has 9 nitrogen and oxygen atoms in total. The predicted molar refractivity (Wildman–Crippen MR) is 136 cm³/mol. The lowest BCUT2D eigenvalue weighted by Gasteiger charge is -2.33. The van der Waals surface area contributed by atoms with Gasteiger partial charge in [-0.1, -0.05) is 96.1 Å². The second kappa shape index (κ2) is 13.9. The maximum absolute atomic E-state index is 11.1. The van der Waals surface area contributed by atoms with Gasteiger partial charge in [-0.05, 0) is 22.2 Å². The lowest BCUT2D eigenvalue weighted by atomic mass is 10.00. The van der Waals surface area contributed by atoms with Gasteiger partial charge in [-0.25, -0.2) is 0 Å². The fourth-order valence-electron chi connectivity index (χ4n) is 4.18. The molecule has 2 N–H and O–H groups in total. The molecule has 1 saturated heterocycles. The molecule has 6 atom stereocenters. The van der Waals surface area contributed by atoms with Gasteiger partial charge in [-0.15, -0.1) is 0 Å². The zero-order valence-electron chi connectivity index (χ0n) is 20.3. The maximum Gasteiger partial charge on any atom is 0.165 e. The zero-order chi connectivity index (χ0) is 25.9. The minimum absolute atomic E-state index is 0.0520. The van der Waals surface area contributed by atoms with Crippen LogP contribution in [0.1, 0.15) is 16.7 Å². The summed E-state index contributed by atoms with van der Waals surface area (Å²) in [5.41, 5.74) is 11.8. The summed E-state index contributed by atoms with van der Waals surface area (Å²) < 4.78 is 24.4. The first kappa shape index (κ1) is 26.8. The number of azide groups is 1. The number of hydrogen-bond donors (Lipinski definition) is 2. The summed E-state index contributed by atoms with van der Waals surface area (Å²) in [6, 6.07) is 28.7. The number of rotatable bonds is 11. The van der Waals surface area contributed by atoms with Gasteiger partial charge in [-0.2, -0.15) is 0 Å². The quantitative estimate of drug-likeness (QED) is 0.229. The maximum atomic E-state index is 11.1. The molecule has 1 aliphatic rings. The second-order valence-corrected chi connectivity index (χ2v) is 8.77. The normalized spacial score (nSPS) is 25.7. The lowest BCUT2D eigenvalue weighted by Crippen LogP contribution is -2.50. The van der Waals surface area contributed by atoms with Gasteiger partial charge in [-0.3, -0.25) is 0 Å². The number of benzene rings is 3. The Morgan fingerprint density at radius 2 is 1.19 bits per heavy atom. The Kier molecular flexibility index (Phi) is 10.0. The number of aliphatic hydroxyl groups excluding tert-OH is 2. The molecule has 0 aliphatic carbocycles. The predicted octanol–water partition coefficient (Wildman–Crippen LogP) is 4.13. The van der Waals surface area contributed by atoms with E-state index >= 15 is 0 Å². The Labute approximate surface area is 215 Å². The van der Waals surface area contributed by atoms with Gasteiger partial charge in [0.05, 0.1) is 26.4 Å². The van der Waals surface area contributed by atoms with Crippen molar-refractivity contribution in [3.05, 3.63) is 118 Å². The van der Waals surface area contributed by atoms with Crippen molar-refractivity contribution in [2.75, 3.05) is 6.61 Å². The van der Waals surface area contributed by atoms with Crippen molar-refractivity contribution in [3.63, 3.8) is 0 Å². The van der Waals surface area contributed by atoms with Gasteiger partial charge < -0.3 is 29.2 Å². The minimum Gasteiger partial charge on any atom is -0.387 e. The summed E-state index contributed by atoms with van der Waals surface area (Å²) in [6.45, 7) is 0.754. The third-order valence-electron chi connectivity index (χ3n) is 6.11. The molecular formula is C28H31N3O6. The van der Waals surface area contributed by atoms with E-state index in [4.69, 9.17) is 24.5 Å². The van der Waals surface area contributed by atoms with Crippen LogP contribution >= 0.6 is 0 Å². The Bertz CT molecular complexity index is 1110. The molecule has 1 fully saturated rings. The van der Waals surface area contributed by atoms with Crippen LogP contribution in [0.2, 0.25) is 0 Å². The number of ether oxygens (including phenoxy) is 4. The number of nitrogens with zero attached hydrogens (tertiary/aromatic N) is 3. The Morgan fingerprint density at radius 3 is 1.70 bits per heavy atom. The van der Waals surface area contributed by atoms with E-state index in [1.54, 1.807) is 0 Å². The molecule has 3 aromatic rings. The highest BCUT2D eigenvalue weighted by molar-refractivity contribution is 5.15. The van der Waals surface area contributed by atoms with Crippen molar-refractivity contribution in [3.8, 4) is 0 Å². The van der Waals surface area contributed by atoms with E-state index in [1.807, 2.05) is 91.0 Å². The molecule has 37 heavy (non-hydrogen) atoms. The smallest absolute Gasteiger partial charge is 0.165 e. The summed E-state index contributed by atoms with van der Waals surface area (Å²) in [6.07, 6.45) is -6.97. The summed E-state index contributed by atoms with van der Waals surface area (Å²) in [4.78, 5) is 2.79. The fraction of sp³-hybridized carbons (Fsp3) is 0.357. The van der Waals surface area contributed by atoms with Gasteiger partial charge in [0.1, 0.15) is 30.5 Å². The Hall–Kier alpha value is -3.27. The number of aliphatic hydroxyl groups is 2. The Balaban J connectivity index is 1.58. The highest BCUT2D eigenvalue weighted by atomic mass is 16.6. The van der Waals surface area contributed by atoms with Crippen molar-refractivity contribution in [1.82, 2.24) is 0 Å². The van der Waals surface area contributed by atoms with Crippen LogP contribution in [0.3, 0.4) is 0 Å². The molecule has 0 amide bonds. The first-order valence-electron chi connectivity index (χ1n) is 12.1. The van der Waals surface area contributed by atoms with E-state index in [0.717, 1.165) is 16.7 Å². The minimum atomic E-state index is -1.53. The van der Waals surface area contributed by atoms with E-state index in [2.05, 4.69) is 10.0 Å². The molecule has 3 aromatic carbocycles. The molecule has 9 heteroatoms. The van der Waals surface area contributed by atoms with Gasteiger partial charge in [0, 0.05) is 4.91 Å². The van der Waals surface area contributed by atoms with E-state index in [-0.39, 0.29) is 19.8 Å². The van der Waals surface area contributed by atoms with E-state index in [9.17, 15) is 10.2 Å². The van der Waals surface area contributed by atoms with Gasteiger partial charge >= 0.3 is 0 Å². The molecule has 0 unspecified atom stereocenters. The average molecular weight is 506 g/mol. The van der Waals surface area contributed by atoms with Crippen LogP contribution in [0.4, 0.5) is 0 Å². The van der Waals surface area contributed by atoms with Crippen molar-refractivity contribution in [2.24, 2.45) is 5.11 Å². The van der Waals surface area contributed by atoms with Crippen LogP contribution in [0, 0.1) is 0 Å². The van der Waals surface area contributed by atoms with E-state index in [0.29, 0.717) is 6.61 Å². The van der Waals surface area contributed by atoms with Crippen LogP contribution in [-0.2, 0) is 38.8 Å². The van der Waals surface area contributed by atoms with Gasteiger partial charge in [0.25, 0.3) is 0 Å². The molecule has 0 bridgehead atoms. The lowest BCUT2D eigenvalue weighted by molar-refractivity contribution is -0.174. The molecule has 4 rings (SSSR count). The summed E-state index contributed by atoms with van der Waals surface area (Å²) in [7, 11) is 0. The molecule has 0 aromatic heterocycles. The zero-order valence-corrected chi connectivity index (χ0v) is 20.3. The van der Waals surface area contributed by atoms with Crippen molar-refractivity contribution in [1.29, 1.82) is 0 Å². The van der Waals surface area contributed by atoms with E-state index < -0.39 is 36.7 Å². The fourth-order valence-corrected chi connectivity index (χ4v) is 4.18. The molecule has 194 valence electrons. The second-order valence-electron chi connectivity index (χ2n) is 8.77. The van der Waals surface area contributed by atoms with Crippen LogP contribution < -0.4 is 0 Å².